The van der Waals surface area contributed by atoms with Crippen LogP contribution in [0.15, 0.2) is 42.9 Å². The third kappa shape index (κ3) is 2.54. The molecular weight excluding hydrogens is 340 g/mol. The van der Waals surface area contributed by atoms with Gasteiger partial charge in [0.25, 0.3) is 0 Å². The van der Waals surface area contributed by atoms with Crippen LogP contribution >= 0.6 is 0 Å². The molecule has 7 nitrogen and oxygen atoms in total. The van der Waals surface area contributed by atoms with Crippen molar-refractivity contribution < 1.29 is 4.74 Å². The standard InChI is InChI=1S/C20H20N6O/c1-3-12-6-13(4-5-16(12)27-2)17-18-19(23-11-22-18)25-20(24-17)26-9-14-7-21-8-15(14)10-26/h3-7,11,15,21H,1,8-10H2,2H3,(H,22,23,24,25). The summed E-state index contributed by atoms with van der Waals surface area (Å²) in [4.78, 5) is 19.4. The molecule has 1 atom stereocenters. The molecule has 1 aromatic carbocycles. The summed E-state index contributed by atoms with van der Waals surface area (Å²) in [6, 6.07) is 5.96. The highest BCUT2D eigenvalue weighted by Crippen LogP contribution is 2.33. The summed E-state index contributed by atoms with van der Waals surface area (Å²) in [6.45, 7) is 6.66. The van der Waals surface area contributed by atoms with Crippen LogP contribution in [0.5, 0.6) is 5.75 Å². The molecule has 136 valence electrons. The van der Waals surface area contributed by atoms with Crippen LogP contribution in [0, 0.1) is 5.92 Å². The lowest BCUT2D eigenvalue weighted by Gasteiger charge is -2.17. The zero-order chi connectivity index (χ0) is 18.4. The van der Waals surface area contributed by atoms with Crippen molar-refractivity contribution in [3.8, 4) is 17.0 Å². The van der Waals surface area contributed by atoms with E-state index in [9.17, 15) is 0 Å². The minimum absolute atomic E-state index is 0.544. The molecular formula is C20H20N6O. The van der Waals surface area contributed by atoms with E-state index in [0.717, 1.165) is 59.3 Å². The van der Waals surface area contributed by atoms with Crippen molar-refractivity contribution in [2.45, 2.75) is 0 Å². The first kappa shape index (κ1) is 15.9. The fourth-order valence-electron chi connectivity index (χ4n) is 3.85. The predicted molar refractivity (Wildman–Crippen MR) is 106 cm³/mol. The van der Waals surface area contributed by atoms with E-state index in [1.54, 1.807) is 19.5 Å². The van der Waals surface area contributed by atoms with Crippen molar-refractivity contribution in [2.24, 2.45) is 5.92 Å². The SMILES string of the molecule is C=Cc1cc(-c2nc(N3CC4=CNCC4C3)nc3[nH]cnc23)ccc1OC. The molecule has 2 aliphatic rings. The van der Waals surface area contributed by atoms with E-state index < -0.39 is 0 Å². The van der Waals surface area contributed by atoms with Gasteiger partial charge in [0, 0.05) is 36.7 Å². The molecule has 0 radical (unpaired) electrons. The maximum absolute atomic E-state index is 5.40. The zero-order valence-corrected chi connectivity index (χ0v) is 15.1. The Balaban J connectivity index is 1.62. The number of imidazole rings is 1. The van der Waals surface area contributed by atoms with Crippen LogP contribution in [-0.4, -0.2) is 46.7 Å². The molecule has 1 unspecified atom stereocenters. The normalized spacial score (nSPS) is 18.3. The lowest BCUT2D eigenvalue weighted by atomic mass is 10.1. The first-order chi connectivity index (χ1) is 13.3. The van der Waals surface area contributed by atoms with E-state index in [1.165, 1.54) is 5.57 Å². The van der Waals surface area contributed by atoms with Gasteiger partial charge in [-0.25, -0.2) is 9.97 Å². The van der Waals surface area contributed by atoms with Gasteiger partial charge in [0.1, 0.15) is 17.0 Å². The van der Waals surface area contributed by atoms with Crippen LogP contribution in [-0.2, 0) is 0 Å². The van der Waals surface area contributed by atoms with Gasteiger partial charge in [0.05, 0.1) is 13.4 Å². The number of nitrogens with zero attached hydrogens (tertiary/aromatic N) is 4. The molecule has 2 N–H and O–H groups in total. The Bertz CT molecular complexity index is 1070. The van der Waals surface area contributed by atoms with E-state index in [2.05, 4.69) is 33.0 Å². The van der Waals surface area contributed by atoms with Crippen molar-refractivity contribution in [1.82, 2.24) is 25.3 Å². The third-order valence-electron chi connectivity index (χ3n) is 5.26. The highest BCUT2D eigenvalue weighted by Gasteiger charge is 2.32. The summed E-state index contributed by atoms with van der Waals surface area (Å²) in [6.07, 6.45) is 5.57. The summed E-state index contributed by atoms with van der Waals surface area (Å²) in [5.74, 6) is 2.06. The number of ether oxygens (including phenoxy) is 1. The van der Waals surface area contributed by atoms with Crippen molar-refractivity contribution in [1.29, 1.82) is 0 Å². The fraction of sp³-hybridized carbons (Fsp3) is 0.250. The van der Waals surface area contributed by atoms with E-state index >= 15 is 0 Å². The first-order valence-electron chi connectivity index (χ1n) is 8.96. The number of nitrogens with one attached hydrogen (secondary N) is 2. The topological polar surface area (TPSA) is 79.0 Å². The molecule has 0 aliphatic carbocycles. The number of aromatic nitrogens is 4. The number of hydrogen-bond donors (Lipinski definition) is 2. The van der Waals surface area contributed by atoms with Gasteiger partial charge in [0.15, 0.2) is 5.65 Å². The van der Waals surface area contributed by atoms with Crippen LogP contribution in [0.2, 0.25) is 0 Å². The smallest absolute Gasteiger partial charge is 0.228 e. The molecule has 0 amide bonds. The minimum atomic E-state index is 0.544. The number of methoxy groups -OCH3 is 1. The maximum Gasteiger partial charge on any atom is 0.228 e. The highest BCUT2D eigenvalue weighted by molar-refractivity contribution is 5.89. The summed E-state index contributed by atoms with van der Waals surface area (Å²) in [7, 11) is 1.66. The van der Waals surface area contributed by atoms with Crippen LogP contribution in [0.25, 0.3) is 28.5 Å². The summed E-state index contributed by atoms with van der Waals surface area (Å²) < 4.78 is 5.40. The molecule has 1 saturated heterocycles. The maximum atomic E-state index is 5.40. The zero-order valence-electron chi connectivity index (χ0n) is 15.1. The molecule has 2 aliphatic heterocycles. The number of rotatable bonds is 4. The van der Waals surface area contributed by atoms with Crippen molar-refractivity contribution >= 4 is 23.2 Å². The lowest BCUT2D eigenvalue weighted by molar-refractivity contribution is 0.414. The first-order valence-corrected chi connectivity index (χ1v) is 8.96. The Labute approximate surface area is 156 Å². The number of fused-ring (bicyclic) bond motifs is 2. The summed E-state index contributed by atoms with van der Waals surface area (Å²) in [5.41, 5.74) is 5.63. The quantitative estimate of drug-likeness (QED) is 0.745. The van der Waals surface area contributed by atoms with Gasteiger partial charge in [-0.3, -0.25) is 0 Å². The number of aromatic amines is 1. The van der Waals surface area contributed by atoms with Crippen molar-refractivity contribution in [3.63, 3.8) is 0 Å². The molecule has 2 aromatic heterocycles. The van der Waals surface area contributed by atoms with E-state index in [0.29, 0.717) is 5.92 Å². The van der Waals surface area contributed by atoms with Crippen LogP contribution in [0.1, 0.15) is 5.56 Å². The number of benzene rings is 1. The van der Waals surface area contributed by atoms with E-state index in [-0.39, 0.29) is 0 Å². The van der Waals surface area contributed by atoms with Gasteiger partial charge >= 0.3 is 0 Å². The Hall–Kier alpha value is -3.35. The van der Waals surface area contributed by atoms with E-state index in [4.69, 9.17) is 14.7 Å². The Morgan fingerprint density at radius 1 is 1.33 bits per heavy atom. The van der Waals surface area contributed by atoms with Gasteiger partial charge in [-0.2, -0.15) is 4.98 Å². The molecule has 27 heavy (non-hydrogen) atoms. The van der Waals surface area contributed by atoms with Gasteiger partial charge in [-0.1, -0.05) is 12.7 Å². The molecule has 0 bridgehead atoms. The highest BCUT2D eigenvalue weighted by atomic mass is 16.5. The van der Waals surface area contributed by atoms with Gasteiger partial charge in [-0.05, 0) is 30.0 Å². The molecule has 4 heterocycles. The molecule has 3 aromatic rings. The second-order valence-electron chi connectivity index (χ2n) is 6.84. The van der Waals surface area contributed by atoms with Crippen LogP contribution < -0.4 is 15.0 Å². The second kappa shape index (κ2) is 6.12. The number of hydrogen-bond acceptors (Lipinski definition) is 6. The van der Waals surface area contributed by atoms with Crippen molar-refractivity contribution in [2.75, 3.05) is 31.6 Å². The monoisotopic (exact) mass is 360 g/mol. The van der Waals surface area contributed by atoms with Gasteiger partial charge in [0.2, 0.25) is 5.95 Å². The molecule has 0 saturated carbocycles. The predicted octanol–water partition coefficient (Wildman–Crippen LogP) is 2.59. The molecule has 7 heteroatoms. The van der Waals surface area contributed by atoms with Crippen LogP contribution in [0.3, 0.4) is 0 Å². The molecule has 1 fully saturated rings. The summed E-state index contributed by atoms with van der Waals surface area (Å²) >= 11 is 0. The third-order valence-corrected chi connectivity index (χ3v) is 5.26. The van der Waals surface area contributed by atoms with Gasteiger partial charge in [-0.15, -0.1) is 0 Å². The largest absolute Gasteiger partial charge is 0.496 e. The number of anilines is 1. The van der Waals surface area contributed by atoms with Crippen molar-refractivity contribution in [3.05, 3.63) is 48.4 Å². The second-order valence-corrected chi connectivity index (χ2v) is 6.84. The Morgan fingerprint density at radius 2 is 2.26 bits per heavy atom. The van der Waals surface area contributed by atoms with Gasteiger partial charge < -0.3 is 19.9 Å². The fourth-order valence-corrected chi connectivity index (χ4v) is 3.85. The summed E-state index contributed by atoms with van der Waals surface area (Å²) in [5, 5.41) is 3.32. The average molecular weight is 360 g/mol. The molecule has 0 spiro atoms. The van der Waals surface area contributed by atoms with Crippen LogP contribution in [0.4, 0.5) is 5.95 Å². The Kier molecular flexibility index (Phi) is 3.60. The lowest BCUT2D eigenvalue weighted by Crippen LogP contribution is -2.25. The molecule has 5 rings (SSSR count). The Morgan fingerprint density at radius 3 is 3.07 bits per heavy atom. The average Bonchev–Trinajstić information content (AvgIpc) is 3.41. The number of H-pyrrole nitrogens is 1. The minimum Gasteiger partial charge on any atom is -0.496 e. The van der Waals surface area contributed by atoms with E-state index in [1.807, 2.05) is 18.2 Å².